The van der Waals surface area contributed by atoms with Crippen LogP contribution in [-0.2, 0) is 0 Å². The number of aryl methyl sites for hydroxylation is 1. The lowest BCUT2D eigenvalue weighted by molar-refractivity contribution is 0.618. The summed E-state index contributed by atoms with van der Waals surface area (Å²) < 4.78 is 26.7. The highest BCUT2D eigenvalue weighted by molar-refractivity contribution is 5.78. The standard InChI is InChI=1S/C13H15F2N3/c1-4-17-8-12(15)13(16-3)18-10-5-6-11(14)9(2)7-10/h5-8,18H,3-4H2,1-2H3/b13-12-,17-8?. The highest BCUT2D eigenvalue weighted by atomic mass is 19.1. The summed E-state index contributed by atoms with van der Waals surface area (Å²) in [5.41, 5.74) is 1.00. The summed E-state index contributed by atoms with van der Waals surface area (Å²) in [5.74, 6) is -0.974. The number of rotatable bonds is 5. The van der Waals surface area contributed by atoms with Gasteiger partial charge in [0, 0.05) is 12.2 Å². The molecule has 0 aliphatic heterocycles. The van der Waals surface area contributed by atoms with Gasteiger partial charge in [0.15, 0.2) is 11.6 Å². The molecule has 5 heteroatoms. The first-order valence-electron chi connectivity index (χ1n) is 5.48. The van der Waals surface area contributed by atoms with E-state index in [9.17, 15) is 8.78 Å². The van der Waals surface area contributed by atoms with Crippen molar-refractivity contribution in [2.45, 2.75) is 13.8 Å². The van der Waals surface area contributed by atoms with Gasteiger partial charge in [-0.15, -0.1) is 0 Å². The zero-order valence-electron chi connectivity index (χ0n) is 10.4. The van der Waals surface area contributed by atoms with Crippen molar-refractivity contribution in [2.75, 3.05) is 11.9 Å². The van der Waals surface area contributed by atoms with E-state index in [1.807, 2.05) is 0 Å². The lowest BCUT2D eigenvalue weighted by Gasteiger charge is -2.07. The van der Waals surface area contributed by atoms with Gasteiger partial charge in [0.2, 0.25) is 0 Å². The Labute approximate surface area is 105 Å². The topological polar surface area (TPSA) is 36.8 Å². The van der Waals surface area contributed by atoms with Crippen molar-refractivity contribution in [1.29, 1.82) is 0 Å². The van der Waals surface area contributed by atoms with E-state index >= 15 is 0 Å². The number of hydrogen-bond acceptors (Lipinski definition) is 3. The van der Waals surface area contributed by atoms with Crippen LogP contribution in [0.2, 0.25) is 0 Å². The van der Waals surface area contributed by atoms with Crippen molar-refractivity contribution >= 4 is 18.6 Å². The number of benzene rings is 1. The predicted molar refractivity (Wildman–Crippen MR) is 71.5 cm³/mol. The first kappa shape index (κ1) is 14.0. The molecule has 0 saturated carbocycles. The number of aliphatic imine (C=N–C) groups is 2. The van der Waals surface area contributed by atoms with Crippen molar-refractivity contribution in [2.24, 2.45) is 9.98 Å². The van der Waals surface area contributed by atoms with Gasteiger partial charge in [0.05, 0.1) is 6.21 Å². The molecule has 1 rings (SSSR count). The summed E-state index contributed by atoms with van der Waals surface area (Å²) in [7, 11) is 0. The number of allylic oxidation sites excluding steroid dienone is 1. The Bertz CT molecular complexity index is 493. The van der Waals surface area contributed by atoms with E-state index < -0.39 is 5.83 Å². The smallest absolute Gasteiger partial charge is 0.183 e. The fourth-order valence-electron chi connectivity index (χ4n) is 1.27. The van der Waals surface area contributed by atoms with Gasteiger partial charge in [-0.25, -0.2) is 13.8 Å². The van der Waals surface area contributed by atoms with Crippen LogP contribution in [0.5, 0.6) is 0 Å². The number of halogens is 2. The zero-order valence-corrected chi connectivity index (χ0v) is 10.4. The van der Waals surface area contributed by atoms with Crippen LogP contribution in [0.25, 0.3) is 0 Å². The van der Waals surface area contributed by atoms with Gasteiger partial charge in [-0.3, -0.25) is 4.99 Å². The van der Waals surface area contributed by atoms with Gasteiger partial charge < -0.3 is 5.32 Å². The van der Waals surface area contributed by atoms with Gasteiger partial charge in [-0.05, 0) is 44.3 Å². The Morgan fingerprint density at radius 1 is 1.50 bits per heavy atom. The Morgan fingerprint density at radius 3 is 2.78 bits per heavy atom. The lowest BCUT2D eigenvalue weighted by Crippen LogP contribution is -2.01. The molecular formula is C13H15F2N3. The van der Waals surface area contributed by atoms with Crippen LogP contribution in [-0.4, -0.2) is 19.5 Å². The third-order valence-corrected chi connectivity index (χ3v) is 2.19. The van der Waals surface area contributed by atoms with E-state index in [0.717, 1.165) is 6.21 Å². The number of nitrogens with zero attached hydrogens (tertiary/aromatic N) is 2. The molecule has 0 radical (unpaired) electrons. The molecule has 0 saturated heterocycles. The van der Waals surface area contributed by atoms with Gasteiger partial charge >= 0.3 is 0 Å². The predicted octanol–water partition coefficient (Wildman–Crippen LogP) is 3.48. The van der Waals surface area contributed by atoms with Crippen LogP contribution in [0.3, 0.4) is 0 Å². The van der Waals surface area contributed by atoms with Crippen LogP contribution in [0, 0.1) is 12.7 Å². The van der Waals surface area contributed by atoms with E-state index in [0.29, 0.717) is 17.8 Å². The van der Waals surface area contributed by atoms with Crippen molar-refractivity contribution in [3.05, 3.63) is 41.2 Å². The van der Waals surface area contributed by atoms with Crippen LogP contribution >= 0.6 is 0 Å². The highest BCUT2D eigenvalue weighted by Crippen LogP contribution is 2.17. The SMILES string of the molecule is C=N/C(Nc1ccc(F)c(C)c1)=C(/F)C=NCC. The summed E-state index contributed by atoms with van der Waals surface area (Å²) in [5, 5.41) is 2.72. The molecule has 1 aromatic rings. The molecule has 0 aliphatic rings. The largest absolute Gasteiger partial charge is 0.338 e. The lowest BCUT2D eigenvalue weighted by atomic mass is 10.2. The molecule has 0 heterocycles. The van der Waals surface area contributed by atoms with E-state index in [4.69, 9.17) is 0 Å². The van der Waals surface area contributed by atoms with Crippen LogP contribution < -0.4 is 5.32 Å². The molecule has 0 spiro atoms. The van der Waals surface area contributed by atoms with Gasteiger partial charge in [-0.1, -0.05) is 0 Å². The van der Waals surface area contributed by atoms with Crippen molar-refractivity contribution in [3.8, 4) is 0 Å². The molecule has 0 bridgehead atoms. The summed E-state index contributed by atoms with van der Waals surface area (Å²) in [6, 6.07) is 4.36. The van der Waals surface area contributed by atoms with E-state index in [1.54, 1.807) is 19.9 Å². The second-order valence-electron chi connectivity index (χ2n) is 3.57. The molecule has 1 N–H and O–H groups in total. The second-order valence-corrected chi connectivity index (χ2v) is 3.57. The third-order valence-electron chi connectivity index (χ3n) is 2.19. The first-order valence-corrected chi connectivity index (χ1v) is 5.48. The fraction of sp³-hybridized carbons (Fsp3) is 0.231. The third kappa shape index (κ3) is 3.76. The quantitative estimate of drug-likeness (QED) is 0.799. The van der Waals surface area contributed by atoms with Gasteiger partial charge in [0.1, 0.15) is 5.82 Å². The number of nitrogens with one attached hydrogen (secondary N) is 1. The Kier molecular flexibility index (Phi) is 5.17. The van der Waals surface area contributed by atoms with Crippen LogP contribution in [0.15, 0.2) is 39.8 Å². The summed E-state index contributed by atoms with van der Waals surface area (Å²) in [6.07, 6.45) is 1.08. The Balaban J connectivity index is 2.95. The number of hydrogen-bond donors (Lipinski definition) is 1. The molecule has 1 aromatic carbocycles. The summed E-state index contributed by atoms with van der Waals surface area (Å²) in [6.45, 7) is 7.18. The van der Waals surface area contributed by atoms with E-state index in [1.165, 1.54) is 12.1 Å². The molecule has 0 aliphatic carbocycles. The molecule has 96 valence electrons. The average molecular weight is 251 g/mol. The minimum Gasteiger partial charge on any atom is -0.338 e. The monoisotopic (exact) mass is 251 g/mol. The van der Waals surface area contributed by atoms with E-state index in [2.05, 4.69) is 22.0 Å². The van der Waals surface area contributed by atoms with Crippen LogP contribution in [0.1, 0.15) is 12.5 Å². The van der Waals surface area contributed by atoms with Crippen LogP contribution in [0.4, 0.5) is 14.5 Å². The summed E-state index contributed by atoms with van der Waals surface area (Å²) in [4.78, 5) is 7.31. The average Bonchev–Trinajstić information content (AvgIpc) is 2.37. The molecule has 0 aromatic heterocycles. The maximum Gasteiger partial charge on any atom is 0.183 e. The summed E-state index contributed by atoms with van der Waals surface area (Å²) >= 11 is 0. The second kappa shape index (κ2) is 6.64. The minimum absolute atomic E-state index is 0.0433. The van der Waals surface area contributed by atoms with Crippen molar-refractivity contribution in [1.82, 2.24) is 0 Å². The molecule has 0 amide bonds. The maximum absolute atomic E-state index is 13.6. The molecular weight excluding hydrogens is 236 g/mol. The first-order chi connectivity index (χ1) is 8.58. The highest BCUT2D eigenvalue weighted by Gasteiger charge is 2.04. The van der Waals surface area contributed by atoms with E-state index in [-0.39, 0.29) is 11.6 Å². The Hall–Kier alpha value is -2.04. The maximum atomic E-state index is 13.6. The zero-order chi connectivity index (χ0) is 13.5. The molecule has 3 nitrogen and oxygen atoms in total. The van der Waals surface area contributed by atoms with Crippen molar-refractivity contribution < 1.29 is 8.78 Å². The minimum atomic E-state index is -0.617. The van der Waals surface area contributed by atoms with Gasteiger partial charge in [-0.2, -0.15) is 0 Å². The Morgan fingerprint density at radius 2 is 2.22 bits per heavy atom. The number of anilines is 1. The van der Waals surface area contributed by atoms with Crippen molar-refractivity contribution in [3.63, 3.8) is 0 Å². The fourth-order valence-corrected chi connectivity index (χ4v) is 1.27. The molecule has 0 unspecified atom stereocenters. The molecule has 18 heavy (non-hydrogen) atoms. The molecule has 0 atom stereocenters. The normalized spacial score (nSPS) is 12.4. The van der Waals surface area contributed by atoms with Gasteiger partial charge in [0.25, 0.3) is 0 Å². The molecule has 0 fully saturated rings.